The van der Waals surface area contributed by atoms with Crippen LogP contribution >= 0.6 is 0 Å². The number of hydrogen-bond donors (Lipinski definition) is 2. The zero-order valence-electron chi connectivity index (χ0n) is 10.5. The van der Waals surface area contributed by atoms with Crippen LogP contribution in [0.5, 0.6) is 0 Å². The largest absolute Gasteiger partial charge is 0.326 e. The molecule has 1 aliphatic rings. The van der Waals surface area contributed by atoms with Crippen molar-refractivity contribution in [2.45, 2.75) is 45.1 Å². The molecule has 3 N–H and O–H groups in total. The van der Waals surface area contributed by atoms with Crippen LogP contribution in [0, 0.1) is 0 Å². The van der Waals surface area contributed by atoms with Gasteiger partial charge in [-0.25, -0.2) is 0 Å². The molecular formula is C14H20N2O. The second kappa shape index (κ2) is 4.49. The SMILES string of the molecule is CC(C)(N)CCCc1ccc2c(c1)CC(=O)N2. The van der Waals surface area contributed by atoms with Gasteiger partial charge in [-0.1, -0.05) is 12.1 Å². The van der Waals surface area contributed by atoms with Gasteiger partial charge in [-0.2, -0.15) is 0 Å². The number of nitrogens with one attached hydrogen (secondary N) is 1. The summed E-state index contributed by atoms with van der Waals surface area (Å²) in [6.45, 7) is 4.11. The fourth-order valence-corrected chi connectivity index (χ4v) is 2.19. The molecule has 17 heavy (non-hydrogen) atoms. The summed E-state index contributed by atoms with van der Waals surface area (Å²) in [7, 11) is 0. The van der Waals surface area contributed by atoms with E-state index in [2.05, 4.69) is 31.3 Å². The molecule has 0 atom stereocenters. The van der Waals surface area contributed by atoms with Crippen LogP contribution in [0.1, 0.15) is 37.8 Å². The zero-order chi connectivity index (χ0) is 12.5. The highest BCUT2D eigenvalue weighted by atomic mass is 16.1. The fourth-order valence-electron chi connectivity index (χ4n) is 2.19. The highest BCUT2D eigenvalue weighted by molar-refractivity contribution is 5.99. The van der Waals surface area contributed by atoms with Gasteiger partial charge in [-0.15, -0.1) is 0 Å². The van der Waals surface area contributed by atoms with E-state index in [4.69, 9.17) is 5.73 Å². The number of hydrogen-bond acceptors (Lipinski definition) is 2. The average Bonchev–Trinajstić information content (AvgIpc) is 2.55. The van der Waals surface area contributed by atoms with Gasteiger partial charge in [-0.05, 0) is 50.3 Å². The van der Waals surface area contributed by atoms with E-state index in [9.17, 15) is 4.79 Å². The van der Waals surface area contributed by atoms with Gasteiger partial charge in [-0.3, -0.25) is 4.79 Å². The van der Waals surface area contributed by atoms with Crippen molar-refractivity contribution in [3.63, 3.8) is 0 Å². The van der Waals surface area contributed by atoms with Crippen LogP contribution in [0.3, 0.4) is 0 Å². The van der Waals surface area contributed by atoms with E-state index in [1.807, 2.05) is 6.07 Å². The number of nitrogens with two attached hydrogens (primary N) is 1. The first-order valence-electron chi connectivity index (χ1n) is 6.15. The molecule has 0 aromatic heterocycles. The van der Waals surface area contributed by atoms with E-state index < -0.39 is 0 Å². The summed E-state index contributed by atoms with van der Waals surface area (Å²) in [6, 6.07) is 6.23. The molecule has 92 valence electrons. The number of amides is 1. The summed E-state index contributed by atoms with van der Waals surface area (Å²) in [4.78, 5) is 11.2. The lowest BCUT2D eigenvalue weighted by Gasteiger charge is -2.17. The zero-order valence-corrected chi connectivity index (χ0v) is 10.5. The Balaban J connectivity index is 1.95. The van der Waals surface area contributed by atoms with Crippen LogP contribution in [0.2, 0.25) is 0 Å². The van der Waals surface area contributed by atoms with E-state index in [1.165, 1.54) is 5.56 Å². The predicted molar refractivity (Wildman–Crippen MR) is 70.0 cm³/mol. The van der Waals surface area contributed by atoms with Gasteiger partial charge >= 0.3 is 0 Å². The third-order valence-electron chi connectivity index (χ3n) is 3.08. The van der Waals surface area contributed by atoms with Gasteiger partial charge in [0.25, 0.3) is 0 Å². The van der Waals surface area contributed by atoms with Gasteiger partial charge in [0.15, 0.2) is 0 Å². The third-order valence-corrected chi connectivity index (χ3v) is 3.08. The Kier molecular flexibility index (Phi) is 3.20. The molecular weight excluding hydrogens is 212 g/mol. The van der Waals surface area contributed by atoms with E-state index in [0.29, 0.717) is 6.42 Å². The van der Waals surface area contributed by atoms with Crippen LogP contribution in [0.15, 0.2) is 18.2 Å². The van der Waals surface area contributed by atoms with Crippen LogP contribution in [0.4, 0.5) is 5.69 Å². The van der Waals surface area contributed by atoms with Crippen LogP contribution < -0.4 is 11.1 Å². The Labute approximate surface area is 102 Å². The maximum absolute atomic E-state index is 11.2. The monoisotopic (exact) mass is 232 g/mol. The van der Waals surface area contributed by atoms with Gasteiger partial charge in [0.2, 0.25) is 5.91 Å². The van der Waals surface area contributed by atoms with Crippen molar-refractivity contribution in [2.24, 2.45) is 5.73 Å². The molecule has 1 aliphatic heterocycles. The number of anilines is 1. The van der Waals surface area contributed by atoms with Crippen molar-refractivity contribution in [2.75, 3.05) is 5.32 Å². The second-order valence-corrected chi connectivity index (χ2v) is 5.56. The molecule has 0 aliphatic carbocycles. The van der Waals surface area contributed by atoms with Gasteiger partial charge in [0, 0.05) is 11.2 Å². The number of carbonyl (C=O) groups excluding carboxylic acids is 1. The number of rotatable bonds is 4. The fraction of sp³-hybridized carbons (Fsp3) is 0.500. The summed E-state index contributed by atoms with van der Waals surface area (Å²) in [5.41, 5.74) is 9.25. The van der Waals surface area contributed by atoms with Gasteiger partial charge in [0.1, 0.15) is 0 Å². The van der Waals surface area contributed by atoms with Crippen molar-refractivity contribution in [1.82, 2.24) is 0 Å². The normalized spacial score (nSPS) is 14.6. The van der Waals surface area contributed by atoms with Crippen molar-refractivity contribution in [1.29, 1.82) is 0 Å². The number of fused-ring (bicyclic) bond motifs is 1. The van der Waals surface area contributed by atoms with Crippen molar-refractivity contribution in [3.8, 4) is 0 Å². The Bertz CT molecular complexity index is 432. The summed E-state index contributed by atoms with van der Waals surface area (Å²) >= 11 is 0. The lowest BCUT2D eigenvalue weighted by Crippen LogP contribution is -2.31. The standard InChI is InChI=1S/C14H20N2O/c1-14(2,15)7-3-4-10-5-6-12-11(8-10)9-13(17)16-12/h5-6,8H,3-4,7,9,15H2,1-2H3,(H,16,17). The number of aryl methyl sites for hydroxylation is 1. The predicted octanol–water partition coefficient (Wildman–Crippen LogP) is 2.24. The summed E-state index contributed by atoms with van der Waals surface area (Å²) < 4.78 is 0. The first-order valence-corrected chi connectivity index (χ1v) is 6.15. The minimum atomic E-state index is -0.0890. The van der Waals surface area contributed by atoms with Gasteiger partial charge < -0.3 is 11.1 Å². The van der Waals surface area contributed by atoms with Gasteiger partial charge in [0.05, 0.1) is 6.42 Å². The summed E-state index contributed by atoms with van der Waals surface area (Å²) in [6.07, 6.45) is 3.65. The molecule has 3 heteroatoms. The van der Waals surface area contributed by atoms with E-state index in [-0.39, 0.29) is 11.4 Å². The maximum Gasteiger partial charge on any atom is 0.228 e. The molecule has 1 amide bonds. The minimum Gasteiger partial charge on any atom is -0.326 e. The molecule has 2 rings (SSSR count). The highest BCUT2D eigenvalue weighted by Crippen LogP contribution is 2.24. The third kappa shape index (κ3) is 3.30. The molecule has 0 fully saturated rings. The summed E-state index contributed by atoms with van der Waals surface area (Å²) in [5.74, 6) is 0.0974. The summed E-state index contributed by atoms with van der Waals surface area (Å²) in [5, 5.41) is 2.85. The molecule has 1 aromatic carbocycles. The van der Waals surface area contributed by atoms with Crippen LogP contribution in [0.25, 0.3) is 0 Å². The highest BCUT2D eigenvalue weighted by Gasteiger charge is 2.17. The lowest BCUT2D eigenvalue weighted by atomic mass is 9.96. The Hall–Kier alpha value is -1.35. The first kappa shape index (κ1) is 12.1. The van der Waals surface area contributed by atoms with Crippen molar-refractivity contribution >= 4 is 11.6 Å². The molecule has 0 spiro atoms. The topological polar surface area (TPSA) is 55.1 Å². The minimum absolute atomic E-state index is 0.0890. The number of benzene rings is 1. The molecule has 0 saturated heterocycles. The maximum atomic E-state index is 11.2. The molecule has 0 unspecified atom stereocenters. The molecule has 1 aromatic rings. The van der Waals surface area contributed by atoms with E-state index in [0.717, 1.165) is 30.5 Å². The lowest BCUT2D eigenvalue weighted by molar-refractivity contribution is -0.115. The van der Waals surface area contributed by atoms with Crippen molar-refractivity contribution < 1.29 is 4.79 Å². The Morgan fingerprint density at radius 1 is 1.41 bits per heavy atom. The van der Waals surface area contributed by atoms with Crippen LogP contribution in [-0.2, 0) is 17.6 Å². The Morgan fingerprint density at radius 2 is 2.18 bits per heavy atom. The van der Waals surface area contributed by atoms with E-state index >= 15 is 0 Å². The first-order chi connectivity index (χ1) is 7.94. The van der Waals surface area contributed by atoms with E-state index in [1.54, 1.807) is 0 Å². The second-order valence-electron chi connectivity index (χ2n) is 5.56. The smallest absolute Gasteiger partial charge is 0.228 e. The molecule has 3 nitrogen and oxygen atoms in total. The molecule has 0 radical (unpaired) electrons. The quantitative estimate of drug-likeness (QED) is 0.836. The molecule has 0 bridgehead atoms. The molecule has 0 saturated carbocycles. The average molecular weight is 232 g/mol. The van der Waals surface area contributed by atoms with Crippen LogP contribution in [-0.4, -0.2) is 11.4 Å². The molecule has 1 heterocycles. The van der Waals surface area contributed by atoms with Crippen molar-refractivity contribution in [3.05, 3.63) is 29.3 Å². The Morgan fingerprint density at radius 3 is 2.88 bits per heavy atom. The number of carbonyl (C=O) groups is 1.